The summed E-state index contributed by atoms with van der Waals surface area (Å²) >= 11 is 0. The number of carbonyl (C=O) groups is 3. The van der Waals surface area contributed by atoms with Crippen LogP contribution in [0.4, 0.5) is 24.5 Å². The number of amides is 2. The number of hydrazine groups is 1. The second-order valence-corrected chi connectivity index (χ2v) is 7.40. The van der Waals surface area contributed by atoms with Gasteiger partial charge in [0.05, 0.1) is 21.7 Å². The van der Waals surface area contributed by atoms with Crippen LogP contribution in [0.3, 0.4) is 0 Å². The van der Waals surface area contributed by atoms with E-state index in [-0.39, 0.29) is 5.56 Å². The van der Waals surface area contributed by atoms with E-state index in [9.17, 15) is 37.7 Å². The Bertz CT molecular complexity index is 1420. The molecule has 1 saturated heterocycles. The lowest BCUT2D eigenvalue weighted by molar-refractivity contribution is -0.385. The molecular formula is C24H14F3N3O6. The Balaban J connectivity index is 1.72. The van der Waals surface area contributed by atoms with Gasteiger partial charge in [-0.2, -0.15) is 13.2 Å². The number of carbonyl (C=O) groups excluding carboxylic acids is 3. The van der Waals surface area contributed by atoms with E-state index in [0.717, 1.165) is 35.4 Å². The minimum atomic E-state index is -4.73. The first-order valence-corrected chi connectivity index (χ1v) is 10.2. The van der Waals surface area contributed by atoms with Crippen LogP contribution in [0.15, 0.2) is 78.4 Å². The number of nitro groups is 1. The maximum Gasteiger partial charge on any atom is 0.416 e. The second kappa shape index (κ2) is 9.33. The van der Waals surface area contributed by atoms with E-state index < -0.39 is 57.0 Å². The summed E-state index contributed by atoms with van der Waals surface area (Å²) in [6.07, 6.45) is -3.73. The highest BCUT2D eigenvalue weighted by molar-refractivity contribution is 6.31. The molecule has 3 aromatic carbocycles. The van der Waals surface area contributed by atoms with Gasteiger partial charge in [0.15, 0.2) is 0 Å². The van der Waals surface area contributed by atoms with E-state index in [1.165, 1.54) is 12.1 Å². The van der Waals surface area contributed by atoms with Gasteiger partial charge in [0.2, 0.25) is 5.75 Å². The summed E-state index contributed by atoms with van der Waals surface area (Å²) < 4.78 is 44.2. The van der Waals surface area contributed by atoms with Crippen molar-refractivity contribution in [2.75, 3.05) is 5.01 Å². The maximum atomic E-state index is 13.0. The standard InChI is InChI=1S/C24H14F3N3O6/c25-24(26,27)16-8-4-7-15(12-16)23(33)36-20-14(6-5-11-19(20)30(34)35)13-18-21(31)28-29(22(18)32)17-9-2-1-3-10-17/h1-13H,(H,28,31)/b18-13-. The molecule has 0 aliphatic carbocycles. The summed E-state index contributed by atoms with van der Waals surface area (Å²) in [6.45, 7) is 0. The monoisotopic (exact) mass is 497 g/mol. The van der Waals surface area contributed by atoms with Crippen LogP contribution in [-0.2, 0) is 15.8 Å². The van der Waals surface area contributed by atoms with Crippen molar-refractivity contribution >= 4 is 35.2 Å². The number of esters is 1. The molecule has 1 aliphatic heterocycles. The maximum absolute atomic E-state index is 13.0. The van der Waals surface area contributed by atoms with Crippen LogP contribution in [0.2, 0.25) is 0 Å². The number of rotatable bonds is 5. The summed E-state index contributed by atoms with van der Waals surface area (Å²) in [6, 6.07) is 14.9. The SMILES string of the molecule is O=C1NN(c2ccccc2)C(=O)/C1=C\c1cccc([N+](=O)[O-])c1OC(=O)c1cccc(C(F)(F)F)c1. The van der Waals surface area contributed by atoms with E-state index in [0.29, 0.717) is 11.8 Å². The van der Waals surface area contributed by atoms with Gasteiger partial charge in [-0.1, -0.05) is 36.4 Å². The first-order valence-electron chi connectivity index (χ1n) is 10.2. The number of hydrogen-bond donors (Lipinski definition) is 1. The molecule has 0 saturated carbocycles. The van der Waals surface area contributed by atoms with Gasteiger partial charge in [-0.25, -0.2) is 9.80 Å². The smallest absolute Gasteiger partial charge is 0.415 e. The molecule has 1 N–H and O–H groups in total. The number of benzene rings is 3. The molecule has 4 rings (SSSR count). The summed E-state index contributed by atoms with van der Waals surface area (Å²) in [5.74, 6) is -3.53. The zero-order valence-corrected chi connectivity index (χ0v) is 18.0. The largest absolute Gasteiger partial charge is 0.416 e. The fourth-order valence-corrected chi connectivity index (χ4v) is 3.36. The third-order valence-electron chi connectivity index (χ3n) is 5.05. The molecule has 0 radical (unpaired) electrons. The highest BCUT2D eigenvalue weighted by Crippen LogP contribution is 2.35. The van der Waals surface area contributed by atoms with Crippen LogP contribution in [0.1, 0.15) is 21.5 Å². The molecule has 0 spiro atoms. The van der Waals surface area contributed by atoms with Crippen LogP contribution < -0.4 is 15.2 Å². The Kier molecular flexibility index (Phi) is 6.26. The molecule has 0 bridgehead atoms. The summed E-state index contributed by atoms with van der Waals surface area (Å²) in [7, 11) is 0. The van der Waals surface area contributed by atoms with Crippen LogP contribution in [0.25, 0.3) is 6.08 Å². The summed E-state index contributed by atoms with van der Waals surface area (Å²) in [5.41, 5.74) is -0.192. The summed E-state index contributed by atoms with van der Waals surface area (Å²) in [4.78, 5) is 48.7. The van der Waals surface area contributed by atoms with Gasteiger partial charge >= 0.3 is 17.8 Å². The van der Waals surface area contributed by atoms with Crippen LogP contribution >= 0.6 is 0 Å². The Morgan fingerprint density at radius 3 is 2.36 bits per heavy atom. The lowest BCUT2D eigenvalue weighted by atomic mass is 10.1. The molecule has 182 valence electrons. The normalized spacial score (nSPS) is 14.6. The predicted molar refractivity (Wildman–Crippen MR) is 120 cm³/mol. The number of nitrogens with zero attached hydrogens (tertiary/aromatic N) is 2. The molecular weight excluding hydrogens is 483 g/mol. The minimum Gasteiger partial charge on any atom is -0.415 e. The average molecular weight is 497 g/mol. The molecule has 36 heavy (non-hydrogen) atoms. The Morgan fingerprint density at radius 2 is 1.69 bits per heavy atom. The van der Waals surface area contributed by atoms with Gasteiger partial charge in [-0.15, -0.1) is 0 Å². The number of anilines is 1. The van der Waals surface area contributed by atoms with E-state index in [4.69, 9.17) is 4.74 Å². The number of nitrogens with one attached hydrogen (secondary N) is 1. The van der Waals surface area contributed by atoms with Crippen molar-refractivity contribution in [3.63, 3.8) is 0 Å². The molecule has 2 amide bonds. The van der Waals surface area contributed by atoms with Crippen molar-refractivity contribution in [1.29, 1.82) is 0 Å². The third-order valence-corrected chi connectivity index (χ3v) is 5.05. The zero-order valence-electron chi connectivity index (χ0n) is 18.0. The topological polar surface area (TPSA) is 119 Å². The number of alkyl halides is 3. The highest BCUT2D eigenvalue weighted by Gasteiger charge is 2.35. The van der Waals surface area contributed by atoms with Gasteiger partial charge in [0.1, 0.15) is 5.57 Å². The van der Waals surface area contributed by atoms with Crippen molar-refractivity contribution in [2.24, 2.45) is 0 Å². The third kappa shape index (κ3) is 4.78. The molecule has 1 fully saturated rings. The minimum absolute atomic E-state index is 0.182. The molecule has 1 aliphatic rings. The van der Waals surface area contributed by atoms with Crippen LogP contribution in [0.5, 0.6) is 5.75 Å². The fraction of sp³-hybridized carbons (Fsp3) is 0.0417. The van der Waals surface area contributed by atoms with E-state index in [2.05, 4.69) is 5.43 Å². The summed E-state index contributed by atoms with van der Waals surface area (Å²) in [5, 5.41) is 12.5. The van der Waals surface area contributed by atoms with Gasteiger partial charge in [0.25, 0.3) is 11.8 Å². The molecule has 0 aromatic heterocycles. The number of para-hydroxylation sites is 2. The van der Waals surface area contributed by atoms with Crippen molar-refractivity contribution in [2.45, 2.75) is 6.18 Å². The van der Waals surface area contributed by atoms with Gasteiger partial charge < -0.3 is 4.74 Å². The Labute approximate surface area is 200 Å². The van der Waals surface area contributed by atoms with Crippen LogP contribution in [0, 0.1) is 10.1 Å². The molecule has 9 nitrogen and oxygen atoms in total. The fourth-order valence-electron chi connectivity index (χ4n) is 3.36. The molecule has 1 heterocycles. The second-order valence-electron chi connectivity index (χ2n) is 7.40. The number of hydrogen-bond acceptors (Lipinski definition) is 6. The van der Waals surface area contributed by atoms with E-state index >= 15 is 0 Å². The van der Waals surface area contributed by atoms with Crippen LogP contribution in [-0.4, -0.2) is 22.7 Å². The molecule has 0 atom stereocenters. The van der Waals surface area contributed by atoms with Crippen molar-refractivity contribution in [3.8, 4) is 5.75 Å². The molecule has 12 heteroatoms. The van der Waals surface area contributed by atoms with Gasteiger partial charge in [-0.3, -0.25) is 25.1 Å². The zero-order chi connectivity index (χ0) is 26.0. The predicted octanol–water partition coefficient (Wildman–Crippen LogP) is 4.29. The van der Waals surface area contributed by atoms with Crippen molar-refractivity contribution in [1.82, 2.24) is 5.43 Å². The number of nitro benzene ring substituents is 1. The van der Waals surface area contributed by atoms with Crippen molar-refractivity contribution < 1.29 is 37.2 Å². The Morgan fingerprint density at radius 1 is 1.00 bits per heavy atom. The first kappa shape index (κ1) is 24.1. The quantitative estimate of drug-likeness (QED) is 0.140. The molecule has 3 aromatic rings. The Hall–Kier alpha value is -5.00. The lowest BCUT2D eigenvalue weighted by Gasteiger charge is -2.14. The lowest BCUT2D eigenvalue weighted by Crippen LogP contribution is -2.35. The van der Waals surface area contributed by atoms with Crippen molar-refractivity contribution in [3.05, 3.63) is 105 Å². The highest BCUT2D eigenvalue weighted by atomic mass is 19.4. The number of halogens is 3. The average Bonchev–Trinajstić information content (AvgIpc) is 3.13. The van der Waals surface area contributed by atoms with E-state index in [1.807, 2.05) is 0 Å². The molecule has 0 unspecified atom stereocenters. The van der Waals surface area contributed by atoms with Gasteiger partial charge in [0, 0.05) is 11.6 Å². The number of ether oxygens (including phenoxy) is 1. The first-order chi connectivity index (χ1) is 17.1. The van der Waals surface area contributed by atoms with Gasteiger partial charge in [-0.05, 0) is 36.4 Å². The van der Waals surface area contributed by atoms with E-state index in [1.54, 1.807) is 30.3 Å².